The summed E-state index contributed by atoms with van der Waals surface area (Å²) in [5.41, 5.74) is 2.47. The van der Waals surface area contributed by atoms with Crippen LogP contribution in [0.2, 0.25) is 0 Å². The normalized spacial score (nSPS) is 11.4. The second-order valence-electron chi connectivity index (χ2n) is 5.06. The Labute approximate surface area is 116 Å². The van der Waals surface area contributed by atoms with E-state index in [0.717, 1.165) is 21.9 Å². The van der Waals surface area contributed by atoms with Gasteiger partial charge in [0.25, 0.3) is 0 Å². The smallest absolute Gasteiger partial charge is 0.509 e. The molecular formula is C15H15BO4. The Hall–Kier alpha value is -1.98. The number of rotatable bonds is 3. The Kier molecular flexibility index (Phi) is 3.16. The lowest BCUT2D eigenvalue weighted by Gasteiger charge is -2.05. The molecule has 0 spiro atoms. The topological polar surface area (TPSA) is 62.8 Å². The van der Waals surface area contributed by atoms with Gasteiger partial charge in [-0.25, -0.2) is 0 Å². The van der Waals surface area contributed by atoms with Gasteiger partial charge in [-0.05, 0) is 17.5 Å². The highest BCUT2D eigenvalue weighted by Crippen LogP contribution is 2.37. The van der Waals surface area contributed by atoms with Gasteiger partial charge in [-0.3, -0.25) is 0 Å². The molecule has 0 atom stereocenters. The highest BCUT2D eigenvalue weighted by Gasteiger charge is 2.18. The van der Waals surface area contributed by atoms with Gasteiger partial charge in [0.15, 0.2) is 5.58 Å². The van der Waals surface area contributed by atoms with Crippen molar-refractivity contribution in [3.63, 3.8) is 0 Å². The van der Waals surface area contributed by atoms with Gasteiger partial charge in [0.1, 0.15) is 11.3 Å². The molecule has 0 bridgehead atoms. The molecule has 0 unspecified atom stereocenters. The first-order valence-corrected chi connectivity index (χ1v) is 6.55. The van der Waals surface area contributed by atoms with Crippen LogP contribution in [0.5, 0.6) is 5.75 Å². The third kappa shape index (κ3) is 2.05. The average Bonchev–Trinajstić information content (AvgIpc) is 2.77. The maximum absolute atomic E-state index is 8.97. The molecule has 1 heterocycles. The quantitative estimate of drug-likeness (QED) is 0.718. The Morgan fingerprint density at radius 1 is 1.00 bits per heavy atom. The lowest BCUT2D eigenvalue weighted by atomic mass is 10.0. The van der Waals surface area contributed by atoms with Crippen molar-refractivity contribution in [2.45, 2.75) is 19.8 Å². The van der Waals surface area contributed by atoms with Crippen molar-refractivity contribution in [2.24, 2.45) is 0 Å². The van der Waals surface area contributed by atoms with Crippen LogP contribution in [-0.4, -0.2) is 17.4 Å². The number of benzene rings is 2. The molecule has 0 saturated carbocycles. The van der Waals surface area contributed by atoms with Crippen molar-refractivity contribution in [3.05, 3.63) is 42.0 Å². The van der Waals surface area contributed by atoms with Crippen LogP contribution in [0.3, 0.4) is 0 Å². The van der Waals surface area contributed by atoms with Crippen LogP contribution >= 0.6 is 0 Å². The molecule has 5 heteroatoms. The van der Waals surface area contributed by atoms with E-state index < -0.39 is 7.32 Å². The zero-order valence-corrected chi connectivity index (χ0v) is 11.3. The van der Waals surface area contributed by atoms with Crippen LogP contribution in [0.1, 0.15) is 25.3 Å². The van der Waals surface area contributed by atoms with Gasteiger partial charge in [0.05, 0.1) is 0 Å². The third-order valence-corrected chi connectivity index (χ3v) is 3.37. The fraction of sp³-hybridized carbons (Fsp3) is 0.200. The second kappa shape index (κ2) is 4.85. The van der Waals surface area contributed by atoms with Crippen LogP contribution in [-0.2, 0) is 0 Å². The van der Waals surface area contributed by atoms with Crippen LogP contribution < -0.4 is 4.65 Å². The van der Waals surface area contributed by atoms with Gasteiger partial charge >= 0.3 is 7.32 Å². The summed E-state index contributed by atoms with van der Waals surface area (Å²) in [5, 5.41) is 19.9. The van der Waals surface area contributed by atoms with Crippen molar-refractivity contribution in [3.8, 4) is 5.75 Å². The molecule has 4 nitrogen and oxygen atoms in total. The first-order valence-electron chi connectivity index (χ1n) is 6.55. The van der Waals surface area contributed by atoms with Gasteiger partial charge in [0.2, 0.25) is 0 Å². The molecule has 0 radical (unpaired) electrons. The molecule has 3 aromatic rings. The number of fused-ring (bicyclic) bond motifs is 3. The molecule has 2 N–H and O–H groups in total. The highest BCUT2D eigenvalue weighted by molar-refractivity contribution is 6.34. The first-order chi connectivity index (χ1) is 9.58. The second-order valence-corrected chi connectivity index (χ2v) is 5.06. The van der Waals surface area contributed by atoms with Crippen molar-refractivity contribution in [2.75, 3.05) is 0 Å². The third-order valence-electron chi connectivity index (χ3n) is 3.37. The lowest BCUT2D eigenvalue weighted by Crippen LogP contribution is -2.20. The summed E-state index contributed by atoms with van der Waals surface area (Å²) in [6.45, 7) is 4.22. The van der Waals surface area contributed by atoms with Crippen LogP contribution in [0.25, 0.3) is 21.9 Å². The van der Waals surface area contributed by atoms with Gasteiger partial charge < -0.3 is 19.1 Å². The molecule has 3 rings (SSSR count). The highest BCUT2D eigenvalue weighted by atomic mass is 16.6. The van der Waals surface area contributed by atoms with Crippen LogP contribution in [0, 0.1) is 0 Å². The molecule has 102 valence electrons. The van der Waals surface area contributed by atoms with E-state index in [2.05, 4.69) is 13.8 Å². The summed E-state index contributed by atoms with van der Waals surface area (Å²) in [6.07, 6.45) is 0. The molecule has 0 aliphatic rings. The standard InChI is InChI=1S/C15H15BO4/c1-9(2)10-5-3-6-11-12-7-4-8-13(20-16(17)18)15(12)19-14(10)11/h3-9,17-18H,1-2H3. The summed E-state index contributed by atoms with van der Waals surface area (Å²) in [7, 11) is -1.86. The van der Waals surface area contributed by atoms with E-state index in [1.807, 2.05) is 24.3 Å². The molecule has 0 aliphatic heterocycles. The first kappa shape index (κ1) is 13.0. The molecule has 0 saturated heterocycles. The minimum Gasteiger partial charge on any atom is -0.509 e. The van der Waals surface area contributed by atoms with Crippen molar-refractivity contribution in [1.29, 1.82) is 0 Å². The van der Waals surface area contributed by atoms with Gasteiger partial charge in [-0.15, -0.1) is 0 Å². The zero-order valence-electron chi connectivity index (χ0n) is 11.3. The predicted octanol–water partition coefficient (Wildman–Crippen LogP) is 3.06. The van der Waals surface area contributed by atoms with Crippen molar-refractivity contribution in [1.82, 2.24) is 0 Å². The Morgan fingerprint density at radius 2 is 1.65 bits per heavy atom. The zero-order chi connectivity index (χ0) is 14.3. The number of para-hydroxylation sites is 2. The van der Waals surface area contributed by atoms with Gasteiger partial charge in [0, 0.05) is 10.8 Å². The molecule has 2 aromatic carbocycles. The molecule has 1 aromatic heterocycles. The molecular weight excluding hydrogens is 255 g/mol. The fourth-order valence-electron chi connectivity index (χ4n) is 2.48. The molecule has 0 fully saturated rings. The minimum atomic E-state index is -1.86. The van der Waals surface area contributed by atoms with E-state index in [1.54, 1.807) is 12.1 Å². The molecule has 0 aliphatic carbocycles. The molecule has 0 amide bonds. The maximum Gasteiger partial charge on any atom is 0.707 e. The largest absolute Gasteiger partial charge is 0.707 e. The Bertz CT molecular complexity index is 761. The summed E-state index contributed by atoms with van der Waals surface area (Å²) in [5.74, 6) is 0.662. The Balaban J connectivity index is 2.33. The van der Waals surface area contributed by atoms with Gasteiger partial charge in [-0.1, -0.05) is 44.2 Å². The van der Waals surface area contributed by atoms with E-state index in [9.17, 15) is 0 Å². The maximum atomic E-state index is 8.97. The van der Waals surface area contributed by atoms with E-state index in [0.29, 0.717) is 17.3 Å². The summed E-state index contributed by atoms with van der Waals surface area (Å²) < 4.78 is 10.9. The van der Waals surface area contributed by atoms with E-state index in [-0.39, 0.29) is 0 Å². The number of furan rings is 1. The number of hydrogen-bond acceptors (Lipinski definition) is 4. The van der Waals surface area contributed by atoms with Crippen LogP contribution in [0.4, 0.5) is 0 Å². The Morgan fingerprint density at radius 3 is 2.30 bits per heavy atom. The number of hydrogen-bond donors (Lipinski definition) is 2. The average molecular weight is 270 g/mol. The van der Waals surface area contributed by atoms with E-state index >= 15 is 0 Å². The summed E-state index contributed by atoms with van der Waals surface area (Å²) in [4.78, 5) is 0. The predicted molar refractivity (Wildman–Crippen MR) is 78.6 cm³/mol. The SMILES string of the molecule is CC(C)c1cccc2c1oc1c(OB(O)O)cccc12. The minimum absolute atomic E-state index is 0.323. The monoisotopic (exact) mass is 270 g/mol. The fourth-order valence-corrected chi connectivity index (χ4v) is 2.48. The van der Waals surface area contributed by atoms with E-state index in [1.165, 1.54) is 0 Å². The van der Waals surface area contributed by atoms with Gasteiger partial charge in [-0.2, -0.15) is 0 Å². The van der Waals surface area contributed by atoms with Crippen molar-refractivity contribution >= 4 is 29.3 Å². The van der Waals surface area contributed by atoms with Crippen LogP contribution in [0.15, 0.2) is 40.8 Å². The van der Waals surface area contributed by atoms with Crippen molar-refractivity contribution < 1.29 is 19.1 Å². The lowest BCUT2D eigenvalue weighted by molar-refractivity contribution is 0.288. The molecule has 20 heavy (non-hydrogen) atoms. The van der Waals surface area contributed by atoms with E-state index in [4.69, 9.17) is 19.1 Å². The summed E-state index contributed by atoms with van der Waals surface area (Å²) in [6, 6.07) is 11.4. The summed E-state index contributed by atoms with van der Waals surface area (Å²) >= 11 is 0.